The topological polar surface area (TPSA) is 147 Å². The van der Waals surface area contributed by atoms with Gasteiger partial charge in [0.15, 0.2) is 0 Å². The molecule has 0 atom stereocenters. The van der Waals surface area contributed by atoms with Crippen LogP contribution >= 0.6 is 0 Å². The van der Waals surface area contributed by atoms with Gasteiger partial charge in [0.1, 0.15) is 0 Å². The Bertz CT molecular complexity index is 496. The van der Waals surface area contributed by atoms with Crippen molar-refractivity contribution in [2.45, 2.75) is 154 Å². The van der Waals surface area contributed by atoms with E-state index in [1.54, 1.807) is 0 Å². The average Bonchev–Trinajstić information content (AvgIpc) is 3.09. The molecule has 0 aromatic heterocycles. The number of rotatable bonds is 14. The van der Waals surface area contributed by atoms with E-state index < -0.39 is 0 Å². The lowest BCUT2D eigenvalue weighted by Crippen LogP contribution is -2.30. The zero-order chi connectivity index (χ0) is 35.1. The van der Waals surface area contributed by atoms with Gasteiger partial charge in [-0.3, -0.25) is 0 Å². The first-order valence-corrected chi connectivity index (χ1v) is 19.6. The van der Waals surface area contributed by atoms with E-state index in [2.05, 4.69) is 67.7 Å². The van der Waals surface area contributed by atoms with Gasteiger partial charge in [-0.25, -0.2) is 0 Å². The summed E-state index contributed by atoms with van der Waals surface area (Å²) in [7, 11) is 8.09. The molecule has 0 bridgehead atoms. The van der Waals surface area contributed by atoms with E-state index in [1.807, 2.05) is 7.05 Å². The smallest absolute Gasteiger partial charge is 0.00669 e. The highest BCUT2D eigenvalue weighted by Gasteiger charge is 2.11. The normalized spacial score (nSPS) is 17.2. The summed E-state index contributed by atoms with van der Waals surface area (Å²) in [5.41, 5.74) is 21.4. The standard InChI is InChI=1S/C8H17N.C7H18N2.C7H15N.C6H13N.C5H14N2.C4H12N2/c1-2-9-8-6-4-3-5-7-8;1-3-9(4-2)7-5-6-8;1-8-7-5-3-2-4-6-7;7-6-4-2-1-3-5-6;1-7(2)5-3-4-6;1-6-4-2-3-5/h8-9H,2-7H2,1H3;3-8H2,1-2H3;7-8H,2-6H2,1H3;6H,1-5,7H2;3-6H2,1-2H3;6H,2-5H2,1H3. The highest BCUT2D eigenvalue weighted by atomic mass is 15.1. The Labute approximate surface area is 289 Å². The molecule has 3 saturated carbocycles. The quantitative estimate of drug-likeness (QED) is 0.130. The largest absolute Gasteiger partial charge is 0.330 e. The molecule has 3 fully saturated rings. The van der Waals surface area contributed by atoms with E-state index in [9.17, 15) is 0 Å². The van der Waals surface area contributed by atoms with Crippen molar-refractivity contribution in [2.24, 2.45) is 22.9 Å². The van der Waals surface area contributed by atoms with Crippen LogP contribution in [0.15, 0.2) is 0 Å². The van der Waals surface area contributed by atoms with Crippen molar-refractivity contribution in [1.29, 1.82) is 0 Å². The summed E-state index contributed by atoms with van der Waals surface area (Å²) in [4.78, 5) is 4.51. The molecule has 3 aliphatic rings. The Morgan fingerprint density at radius 1 is 0.587 bits per heavy atom. The van der Waals surface area contributed by atoms with Gasteiger partial charge in [0, 0.05) is 18.1 Å². The Balaban J connectivity index is -0.000000485. The maximum Gasteiger partial charge on any atom is 0.00669 e. The summed E-state index contributed by atoms with van der Waals surface area (Å²) in [6.45, 7) is 15.7. The fraction of sp³-hybridized carbons (Fsp3) is 1.00. The minimum absolute atomic E-state index is 0.536. The second-order valence-corrected chi connectivity index (χ2v) is 13.3. The van der Waals surface area contributed by atoms with Crippen LogP contribution in [0.5, 0.6) is 0 Å². The second kappa shape index (κ2) is 42.7. The number of nitrogens with one attached hydrogen (secondary N) is 3. The van der Waals surface area contributed by atoms with Gasteiger partial charge < -0.3 is 48.7 Å². The van der Waals surface area contributed by atoms with Crippen LogP contribution in [-0.4, -0.2) is 115 Å². The summed E-state index contributed by atoms with van der Waals surface area (Å²) in [5.74, 6) is 0. The van der Waals surface area contributed by atoms with Gasteiger partial charge in [-0.05, 0) is 145 Å². The average molecular weight is 660 g/mol. The Morgan fingerprint density at radius 2 is 1.02 bits per heavy atom. The molecule has 0 aliphatic heterocycles. The lowest BCUT2D eigenvalue weighted by molar-refractivity contribution is 0.302. The lowest BCUT2D eigenvalue weighted by atomic mass is 9.96. The molecule has 0 radical (unpaired) electrons. The van der Waals surface area contributed by atoms with Gasteiger partial charge in [-0.15, -0.1) is 0 Å². The van der Waals surface area contributed by atoms with Crippen LogP contribution in [0.3, 0.4) is 0 Å². The van der Waals surface area contributed by atoms with E-state index in [4.69, 9.17) is 22.9 Å². The zero-order valence-corrected chi connectivity index (χ0v) is 32.5. The predicted octanol–water partition coefficient (Wildman–Crippen LogP) is 4.87. The molecule has 0 unspecified atom stereocenters. The summed E-state index contributed by atoms with van der Waals surface area (Å²) in [5, 5.41) is 9.78. The van der Waals surface area contributed by atoms with E-state index >= 15 is 0 Å². The highest BCUT2D eigenvalue weighted by Crippen LogP contribution is 2.17. The molecule has 0 saturated heterocycles. The highest BCUT2D eigenvalue weighted by molar-refractivity contribution is 4.70. The Hall–Kier alpha value is -0.360. The van der Waals surface area contributed by atoms with Crippen LogP contribution in [0.4, 0.5) is 0 Å². The summed E-state index contributed by atoms with van der Waals surface area (Å²) in [6, 6.07) is 2.22. The maximum absolute atomic E-state index is 5.63. The third-order valence-corrected chi connectivity index (χ3v) is 8.77. The molecule has 9 heteroatoms. The molecule has 3 aliphatic carbocycles. The minimum Gasteiger partial charge on any atom is -0.330 e. The van der Waals surface area contributed by atoms with Crippen LogP contribution < -0.4 is 38.9 Å². The number of nitrogens with zero attached hydrogens (tertiary/aromatic N) is 2. The van der Waals surface area contributed by atoms with Gasteiger partial charge in [-0.1, -0.05) is 78.6 Å². The summed E-state index contributed by atoms with van der Waals surface area (Å²) >= 11 is 0. The van der Waals surface area contributed by atoms with Crippen molar-refractivity contribution in [3.05, 3.63) is 0 Å². The van der Waals surface area contributed by atoms with Crippen molar-refractivity contribution < 1.29 is 0 Å². The minimum atomic E-state index is 0.536. The summed E-state index contributed by atoms with van der Waals surface area (Å²) < 4.78 is 0. The molecule has 0 spiro atoms. The first-order chi connectivity index (χ1) is 22.3. The van der Waals surface area contributed by atoms with Gasteiger partial charge in [-0.2, -0.15) is 0 Å². The van der Waals surface area contributed by atoms with Gasteiger partial charge >= 0.3 is 0 Å². The maximum atomic E-state index is 5.63. The molecule has 282 valence electrons. The molecule has 0 heterocycles. The second-order valence-electron chi connectivity index (χ2n) is 13.3. The zero-order valence-electron chi connectivity index (χ0n) is 32.5. The summed E-state index contributed by atoms with van der Waals surface area (Å²) in [6.07, 6.45) is 24.3. The molecule has 9 nitrogen and oxygen atoms in total. The molecule has 3 rings (SSSR count). The van der Waals surface area contributed by atoms with Crippen LogP contribution in [0.2, 0.25) is 0 Å². The fourth-order valence-electron chi connectivity index (χ4n) is 5.66. The first kappa shape index (κ1) is 50.0. The van der Waals surface area contributed by atoms with E-state index in [1.165, 1.54) is 96.3 Å². The van der Waals surface area contributed by atoms with Crippen molar-refractivity contribution in [3.63, 3.8) is 0 Å². The lowest BCUT2D eigenvalue weighted by Gasteiger charge is -2.21. The van der Waals surface area contributed by atoms with Crippen LogP contribution in [0, 0.1) is 0 Å². The number of hydrogen-bond acceptors (Lipinski definition) is 9. The van der Waals surface area contributed by atoms with Crippen molar-refractivity contribution in [3.8, 4) is 0 Å². The number of hydrogen-bond donors (Lipinski definition) is 7. The van der Waals surface area contributed by atoms with Gasteiger partial charge in [0.25, 0.3) is 0 Å². The van der Waals surface area contributed by atoms with E-state index in [0.29, 0.717) is 6.04 Å². The molecule has 0 amide bonds. The SMILES string of the molecule is CCN(CC)CCCN.CCNC1CCCCC1.CN(C)CCCN.CNC1CCCCC1.CNCCCN.NC1CCCCC1. The Kier molecular flexibility index (Phi) is 46.4. The molecule has 0 aromatic carbocycles. The van der Waals surface area contributed by atoms with Crippen LogP contribution in [-0.2, 0) is 0 Å². The molecular weight excluding hydrogens is 570 g/mol. The molecule has 46 heavy (non-hydrogen) atoms. The van der Waals surface area contributed by atoms with Crippen molar-refractivity contribution in [2.75, 3.05) is 87.1 Å². The Morgan fingerprint density at radius 3 is 1.28 bits per heavy atom. The first-order valence-electron chi connectivity index (χ1n) is 19.6. The van der Waals surface area contributed by atoms with E-state index in [0.717, 1.165) is 90.2 Å². The van der Waals surface area contributed by atoms with Gasteiger partial charge in [0.2, 0.25) is 0 Å². The van der Waals surface area contributed by atoms with Crippen molar-refractivity contribution in [1.82, 2.24) is 25.8 Å². The molecule has 11 N–H and O–H groups in total. The molecule has 0 aromatic rings. The van der Waals surface area contributed by atoms with Crippen LogP contribution in [0.1, 0.15) is 136 Å². The number of nitrogens with two attached hydrogens (primary N) is 4. The molecular formula is C37H89N9. The van der Waals surface area contributed by atoms with E-state index in [-0.39, 0.29) is 0 Å². The fourth-order valence-corrected chi connectivity index (χ4v) is 5.66. The van der Waals surface area contributed by atoms with Crippen LogP contribution in [0.25, 0.3) is 0 Å². The monoisotopic (exact) mass is 660 g/mol. The van der Waals surface area contributed by atoms with Gasteiger partial charge in [0.05, 0.1) is 0 Å². The third-order valence-electron chi connectivity index (χ3n) is 8.77. The van der Waals surface area contributed by atoms with Crippen molar-refractivity contribution >= 4 is 0 Å². The third kappa shape index (κ3) is 41.7. The predicted molar refractivity (Wildman–Crippen MR) is 209 cm³/mol.